The molecule has 712 valence electrons. The largest absolute Gasteiger partial charge is 1.00 e. The molecule has 0 saturated carbocycles. The molecule has 0 unspecified atom stereocenters. The van der Waals surface area contributed by atoms with E-state index >= 15 is 0 Å². The van der Waals surface area contributed by atoms with Gasteiger partial charge in [0.25, 0.3) is 0 Å². The number of nitrogens with one attached hydrogen (secondary N) is 1. The minimum atomic E-state index is -7.23. The Labute approximate surface area is 1060 Å². The molecule has 4 aliphatic heterocycles. The van der Waals surface area contributed by atoms with Crippen molar-refractivity contribution in [2.24, 2.45) is 0 Å². The fourth-order valence-electron chi connectivity index (χ4n) is 11.5. The fourth-order valence-corrected chi connectivity index (χ4v) is 17.1. The number of unbranched alkanes of at least 4 members (excludes halogenated alkanes) is 14. The van der Waals surface area contributed by atoms with Gasteiger partial charge >= 0.3 is 384 Å². The van der Waals surface area contributed by atoms with Gasteiger partial charge in [-0.2, -0.15) is 0 Å². The van der Waals surface area contributed by atoms with Crippen LogP contribution in [0.3, 0.4) is 0 Å². The first-order chi connectivity index (χ1) is 54.5. The van der Waals surface area contributed by atoms with E-state index in [1.54, 1.807) is 0 Å². The molecule has 0 spiro atoms. The van der Waals surface area contributed by atoms with Crippen molar-refractivity contribution in [3.63, 3.8) is 0 Å². The predicted octanol–water partition coefficient (Wildman–Crippen LogP) is -48.6. The van der Waals surface area contributed by atoms with Gasteiger partial charge in [-0.05, 0) is 12.8 Å². The van der Waals surface area contributed by atoms with Crippen LogP contribution in [0.4, 0.5) is 0 Å². The third kappa shape index (κ3) is 72.8. The van der Waals surface area contributed by atoms with Gasteiger partial charge in [0.1, 0.15) is 79.4 Å². The Morgan fingerprint density at radius 1 is 0.241 bits per heavy atom. The molecule has 4 heterocycles. The van der Waals surface area contributed by atoms with Crippen molar-refractivity contribution < 1.29 is 650 Å². The van der Waals surface area contributed by atoms with Gasteiger partial charge in [0.15, 0.2) is 43.5 Å². The Morgan fingerprint density at radius 3 is 0.677 bits per heavy atom. The Bertz CT molecular complexity index is 4940. The summed E-state index contributed by atoms with van der Waals surface area (Å²) in [7, 11) is -88.2. The van der Waals surface area contributed by atoms with Crippen molar-refractivity contribution >= 4 is 141 Å². The molecule has 0 radical (unpaired) electrons. The first-order valence-corrected chi connectivity index (χ1v) is 50.4. The molecule has 0 aromatic rings. The zero-order valence-corrected chi connectivity index (χ0v) is 110. The average Bonchev–Trinajstić information content (AvgIpc) is 0.759. The van der Waals surface area contributed by atoms with Gasteiger partial charge in [-0.25, -0.2) is 109 Å². The number of hydrogen-bond donors (Lipinski definition) is 1. The van der Waals surface area contributed by atoms with Crippen molar-refractivity contribution in [2.45, 2.75) is 239 Å². The van der Waals surface area contributed by atoms with Gasteiger partial charge in [-0.3, -0.25) is 59.2 Å². The molecule has 20 atom stereocenters. The topological polar surface area (TPSA) is 967 Å². The van der Waals surface area contributed by atoms with Gasteiger partial charge in [-0.1, -0.05) is 96.8 Å². The Kier molecular flexibility index (Phi) is 90.8. The number of carbonyl (C=O) groups excluding carboxylic acids is 1. The number of hydrogen-bond acceptors (Lipinski definition) is 61. The molecule has 133 heavy (non-hydrogen) atoms. The average molecular weight is 2320 g/mol. The smallest absolute Gasteiger partial charge is 0.726 e. The summed E-state index contributed by atoms with van der Waals surface area (Å²) in [4.78, 5) is 12.9. The van der Waals surface area contributed by atoms with Crippen LogP contribution in [0.15, 0.2) is 0 Å². The first kappa shape index (κ1) is 163. The Morgan fingerprint density at radius 2 is 0.436 bits per heavy atom. The zero-order chi connectivity index (χ0) is 91.4. The molecule has 88 heteroatoms. The van der Waals surface area contributed by atoms with E-state index in [2.05, 4.69) is 66.6 Å². The predicted molar refractivity (Wildman–Crippen MR) is 346 cm³/mol. The van der Waals surface area contributed by atoms with Gasteiger partial charge in [0.05, 0.1) is 33.0 Å². The fraction of sp³-hybridized carbons (Fsp3) is 0.978. The third-order valence-electron chi connectivity index (χ3n) is 15.7. The summed E-state index contributed by atoms with van der Waals surface area (Å²) >= 11 is 0. The molecule has 0 aromatic heterocycles. The molecule has 62 nitrogen and oxygen atoms in total. The SMILES string of the molecule is CCCCCCCCCCCCCCCCCC(=O)NCCCO[C@H]1O[C@H](COS(=O)(=O)[O-])[C@@H](OS(=O)(=O)[O-])[C@H](OS(=O)(=O)[O-])[C@@H]1O[C@H]1O[C@H](COS(=O)(=O)[O-])[C@@H](OS(=O)(=O)[O-])[C@H](O[C@H]2O[C@H](COS(=O)(=O)[O-])[C@@H](OS(=O)(=O)[O-])[C@H](O[C@H]3O[C@H](COS(=O)(=O)[O-])[C@@H](OS(=O)(=O)[O-])[C@H](OS(=O)(=O)[O-])[C@@H]3OS(=O)(=O)[O-])[C@@H]2OS(=O)(=O)[O-])[C@@H]1OS(=O)(=O)[O-].[Na+].[Na+].[Na+].[Na+].[Na+].[Na+].[Na+].[Na+].[Na+].[Na+].[Na+].[Na+].[Na+]. The van der Waals surface area contributed by atoms with Crippen molar-refractivity contribution in [1.29, 1.82) is 0 Å². The Balaban J connectivity index is -0.00000145. The van der Waals surface area contributed by atoms with Crippen LogP contribution < -0.4 is 390 Å². The van der Waals surface area contributed by atoms with E-state index in [0.717, 1.165) is 57.8 Å². The van der Waals surface area contributed by atoms with E-state index in [-0.39, 0.29) is 391 Å². The van der Waals surface area contributed by atoms with Crippen LogP contribution in [0.25, 0.3) is 0 Å². The van der Waals surface area contributed by atoms with E-state index < -0.39 is 310 Å². The van der Waals surface area contributed by atoms with Crippen LogP contribution in [-0.4, -0.2) is 337 Å². The zero-order valence-electron chi connectivity index (χ0n) is 73.0. The molecule has 0 aliphatic carbocycles. The summed E-state index contributed by atoms with van der Waals surface area (Å²) in [5.74, 6) is -0.669. The van der Waals surface area contributed by atoms with Gasteiger partial charge in [0.2, 0.25) is 141 Å². The second kappa shape index (κ2) is 73.9. The number of carbonyl (C=O) groups is 1. The monoisotopic (exact) mass is 2310 g/mol. The second-order valence-electron chi connectivity index (χ2n) is 24.7. The van der Waals surface area contributed by atoms with E-state index in [1.165, 1.54) is 19.3 Å². The van der Waals surface area contributed by atoms with E-state index in [9.17, 15) is 173 Å². The minimum absolute atomic E-state index is 0. The van der Waals surface area contributed by atoms with E-state index in [4.69, 9.17) is 37.9 Å². The van der Waals surface area contributed by atoms with E-state index in [1.807, 2.05) is 0 Å². The van der Waals surface area contributed by atoms with Crippen molar-refractivity contribution in [2.75, 3.05) is 39.6 Å². The van der Waals surface area contributed by atoms with Crippen LogP contribution in [-0.2, 0) is 232 Å². The van der Waals surface area contributed by atoms with Crippen LogP contribution in [0.2, 0.25) is 0 Å². The summed E-state index contributed by atoms with van der Waals surface area (Å²) in [5, 5.41) is 2.40. The standard InChI is InChI=1S/C45H83NO61S13.13Na/c1-2-3-4-5-6-7-8-9-10-11-12-13-14-15-16-18-29(47)46-19-17-20-87-42-38(36(103-116(72,73)74)32(101-114(66,67)68)27(92-42)23-90-110(54,55)56)98-44-40(106-119(81,82)83)35(31(100-113(63,64)65)26(94-44)22-89-109(51,52)53)96-43-39(105-118(78,79)80)34(30(99-112(60,61)62)25(93-43)21-88-108(48,49)50)97-45-41(107-120(84,85)86)37(104-117(75,76)77)33(102-115(69,70)71)28(95-45)24-91-111(57,58)59;;;;;;;;;;;;;/h25-28,30-45H,2-24H2,1H3,(H,46,47)(H,48,49,50)(H,51,52,53)(H,54,55,56)(H,57,58,59)(H,60,61,62)(H,63,64,65)(H,66,67,68)(H,69,70,71)(H,72,73,74)(H,75,76,77)(H,78,79,80)(H,81,82,83)(H,84,85,86);;;;;;;;;;;;;/q;13*+1/p-13/t25-,26-,27-,28-,30-,31-,32-,33-,34+,35+,36+,37+,38+,39+,40+,41+,42+,43-,44-,45-;;;;;;;;;;;;;/m1............./s1. The summed E-state index contributed by atoms with van der Waals surface area (Å²) < 4.78 is 578. The molecule has 4 rings (SSSR count). The van der Waals surface area contributed by atoms with Gasteiger partial charge < -0.3 is 102 Å². The quantitative estimate of drug-likeness (QED) is 0.0256. The number of rotatable bonds is 57. The summed E-state index contributed by atoms with van der Waals surface area (Å²) in [6, 6.07) is 0. The number of ether oxygens (including phenoxy) is 8. The second-order valence-corrected chi connectivity index (χ2v) is 38.0. The molecule has 1 N–H and O–H groups in total. The van der Waals surface area contributed by atoms with Gasteiger partial charge in [0, 0.05) is 13.0 Å². The summed E-state index contributed by atoms with van der Waals surface area (Å²) in [6.45, 7) is -9.13. The normalized spacial score (nSPS) is 26.2. The summed E-state index contributed by atoms with van der Waals surface area (Å²) in [5.41, 5.74) is 0. The Hall–Kier alpha value is 10.5. The van der Waals surface area contributed by atoms with Gasteiger partial charge in [-0.15, -0.1) is 0 Å². The molecule has 0 bridgehead atoms. The maximum Gasteiger partial charge on any atom is 1.00 e. The molecule has 4 aliphatic rings. The molecular formula is C45H70NNa13O61S13. The summed E-state index contributed by atoms with van der Waals surface area (Å²) in [6.07, 6.45) is -62.5. The maximum absolute atomic E-state index is 13.0. The number of amides is 1. The molecule has 0 aromatic carbocycles. The van der Waals surface area contributed by atoms with Crippen LogP contribution in [0.5, 0.6) is 0 Å². The van der Waals surface area contributed by atoms with E-state index in [0.29, 0.717) is 19.3 Å². The molecule has 1 amide bonds. The van der Waals surface area contributed by atoms with Crippen molar-refractivity contribution in [3.05, 3.63) is 0 Å². The van der Waals surface area contributed by atoms with Crippen molar-refractivity contribution in [3.8, 4) is 0 Å². The third-order valence-corrected chi connectivity index (χ3v) is 21.6. The molecule has 4 fully saturated rings. The van der Waals surface area contributed by atoms with Crippen molar-refractivity contribution in [1.82, 2.24) is 5.32 Å². The van der Waals surface area contributed by atoms with Crippen LogP contribution >= 0.6 is 0 Å². The first-order valence-electron chi connectivity index (χ1n) is 33.1. The minimum Gasteiger partial charge on any atom is -0.726 e. The molecular weight excluding hydrogens is 2250 g/mol. The van der Waals surface area contributed by atoms with Crippen LogP contribution in [0.1, 0.15) is 116 Å². The molecule has 4 saturated heterocycles. The maximum atomic E-state index is 13.0. The van der Waals surface area contributed by atoms with Crippen LogP contribution in [0, 0.1) is 0 Å².